The van der Waals surface area contributed by atoms with Crippen LogP contribution in [0.5, 0.6) is 0 Å². The molecular weight excluding hydrogens is 354 g/mol. The molecule has 1 fully saturated rings. The highest BCUT2D eigenvalue weighted by Gasteiger charge is 2.29. The van der Waals surface area contributed by atoms with Crippen molar-refractivity contribution in [1.29, 1.82) is 0 Å². The summed E-state index contributed by atoms with van der Waals surface area (Å²) in [5, 5.41) is 0.689. The molecule has 0 bridgehead atoms. The highest BCUT2D eigenvalue weighted by molar-refractivity contribution is 5.82. The van der Waals surface area contributed by atoms with Gasteiger partial charge in [0, 0.05) is 26.1 Å². The highest BCUT2D eigenvalue weighted by Crippen LogP contribution is 2.28. The normalized spacial score (nSPS) is 15.9. The van der Waals surface area contributed by atoms with Crippen molar-refractivity contribution in [1.82, 2.24) is 14.5 Å². The van der Waals surface area contributed by atoms with Crippen LogP contribution in [0.2, 0.25) is 0 Å². The van der Waals surface area contributed by atoms with Gasteiger partial charge in [-0.15, -0.1) is 0 Å². The minimum absolute atomic E-state index is 0.00738. The standard InChI is InChI=1S/C22H31N3O3/c1-7-15-12-14(2)13-17-18(15)23-19(24(6)20(17)26)16-8-10-25(11-9-16)21(27)28-22(3,4)5/h12-13,16H,7-11H2,1-6H3. The number of carbonyl (C=O) groups excluding carboxylic acids is 1. The van der Waals surface area contributed by atoms with E-state index in [0.717, 1.165) is 41.7 Å². The van der Waals surface area contributed by atoms with E-state index in [1.807, 2.05) is 33.8 Å². The second-order valence-electron chi connectivity index (χ2n) is 8.75. The number of likely N-dealkylation sites (tertiary alicyclic amines) is 1. The molecule has 0 unspecified atom stereocenters. The van der Waals surface area contributed by atoms with E-state index in [2.05, 4.69) is 13.0 Å². The summed E-state index contributed by atoms with van der Waals surface area (Å²) in [6.45, 7) is 11.0. The Labute approximate surface area is 166 Å². The average molecular weight is 386 g/mol. The molecule has 3 rings (SSSR count). The van der Waals surface area contributed by atoms with E-state index in [1.54, 1.807) is 16.5 Å². The topological polar surface area (TPSA) is 64.4 Å². The van der Waals surface area contributed by atoms with Gasteiger partial charge >= 0.3 is 6.09 Å². The molecule has 0 atom stereocenters. The summed E-state index contributed by atoms with van der Waals surface area (Å²) in [4.78, 5) is 32.0. The van der Waals surface area contributed by atoms with Crippen LogP contribution in [0.1, 0.15) is 63.4 Å². The minimum Gasteiger partial charge on any atom is -0.444 e. The van der Waals surface area contributed by atoms with Gasteiger partial charge in [-0.1, -0.05) is 13.0 Å². The Bertz CT molecular complexity index is 948. The van der Waals surface area contributed by atoms with Gasteiger partial charge in [0.15, 0.2) is 0 Å². The molecule has 0 saturated carbocycles. The molecular formula is C22H31N3O3. The molecule has 1 aliphatic heterocycles. The van der Waals surface area contributed by atoms with Crippen molar-refractivity contribution in [3.05, 3.63) is 39.4 Å². The Hall–Kier alpha value is -2.37. The van der Waals surface area contributed by atoms with Gasteiger partial charge < -0.3 is 9.64 Å². The van der Waals surface area contributed by atoms with Crippen LogP contribution in [0.3, 0.4) is 0 Å². The first-order valence-electron chi connectivity index (χ1n) is 10.1. The Kier molecular flexibility index (Phi) is 5.50. The molecule has 6 nitrogen and oxygen atoms in total. The summed E-state index contributed by atoms with van der Waals surface area (Å²) in [5.74, 6) is 0.978. The third kappa shape index (κ3) is 4.05. The van der Waals surface area contributed by atoms with Crippen LogP contribution in [0.4, 0.5) is 4.79 Å². The number of ether oxygens (including phenoxy) is 1. The highest BCUT2D eigenvalue weighted by atomic mass is 16.6. The number of hydrogen-bond acceptors (Lipinski definition) is 4. The molecule has 152 valence electrons. The van der Waals surface area contributed by atoms with Gasteiger partial charge in [0.2, 0.25) is 0 Å². The summed E-state index contributed by atoms with van der Waals surface area (Å²) in [7, 11) is 1.80. The molecule has 1 aromatic heterocycles. The van der Waals surface area contributed by atoms with Crippen LogP contribution in [0.25, 0.3) is 10.9 Å². The van der Waals surface area contributed by atoms with Crippen molar-refractivity contribution in [2.24, 2.45) is 7.05 Å². The monoisotopic (exact) mass is 385 g/mol. The van der Waals surface area contributed by atoms with Crippen molar-refractivity contribution in [2.45, 2.75) is 65.4 Å². The molecule has 1 aliphatic rings. The number of carbonyl (C=O) groups is 1. The molecule has 28 heavy (non-hydrogen) atoms. The Morgan fingerprint density at radius 1 is 1.25 bits per heavy atom. The Balaban J connectivity index is 1.87. The van der Waals surface area contributed by atoms with Crippen molar-refractivity contribution >= 4 is 17.0 Å². The van der Waals surface area contributed by atoms with Gasteiger partial charge in [-0.2, -0.15) is 0 Å². The Morgan fingerprint density at radius 2 is 1.89 bits per heavy atom. The summed E-state index contributed by atoms with van der Waals surface area (Å²) in [6.07, 6.45) is 2.13. The maximum absolute atomic E-state index is 13.0. The van der Waals surface area contributed by atoms with Crippen molar-refractivity contribution in [2.75, 3.05) is 13.1 Å². The molecule has 6 heteroatoms. The van der Waals surface area contributed by atoms with E-state index in [1.165, 1.54) is 0 Å². The van der Waals surface area contributed by atoms with Crippen LogP contribution in [-0.2, 0) is 18.2 Å². The number of rotatable bonds is 2. The average Bonchev–Trinajstić information content (AvgIpc) is 2.63. The molecule has 0 aliphatic carbocycles. The quantitative estimate of drug-likeness (QED) is 0.786. The van der Waals surface area contributed by atoms with Crippen LogP contribution in [0.15, 0.2) is 16.9 Å². The van der Waals surface area contributed by atoms with Gasteiger partial charge in [-0.05, 0) is 64.2 Å². The lowest BCUT2D eigenvalue weighted by molar-refractivity contribution is 0.0202. The molecule has 1 aromatic carbocycles. The zero-order valence-corrected chi connectivity index (χ0v) is 17.8. The zero-order valence-electron chi connectivity index (χ0n) is 17.8. The van der Waals surface area contributed by atoms with Crippen LogP contribution in [-0.4, -0.2) is 39.2 Å². The Morgan fingerprint density at radius 3 is 2.46 bits per heavy atom. The number of hydrogen-bond donors (Lipinski definition) is 0. The van der Waals surface area contributed by atoms with E-state index < -0.39 is 5.60 Å². The van der Waals surface area contributed by atoms with Gasteiger partial charge in [-0.25, -0.2) is 9.78 Å². The third-order valence-electron chi connectivity index (χ3n) is 5.33. The van der Waals surface area contributed by atoms with Gasteiger partial charge in [0.05, 0.1) is 10.9 Å². The van der Waals surface area contributed by atoms with Crippen molar-refractivity contribution in [3.8, 4) is 0 Å². The fourth-order valence-corrected chi connectivity index (χ4v) is 3.90. The zero-order chi connectivity index (χ0) is 20.6. The fraction of sp³-hybridized carbons (Fsp3) is 0.591. The second kappa shape index (κ2) is 7.57. The predicted octanol–water partition coefficient (Wildman–Crippen LogP) is 3.92. The molecule has 0 spiro atoms. The number of piperidine rings is 1. The van der Waals surface area contributed by atoms with Crippen molar-refractivity contribution in [3.63, 3.8) is 0 Å². The third-order valence-corrected chi connectivity index (χ3v) is 5.33. The number of amides is 1. The van der Waals surface area contributed by atoms with E-state index in [9.17, 15) is 9.59 Å². The molecule has 2 heterocycles. The van der Waals surface area contributed by atoms with Gasteiger partial charge in [0.25, 0.3) is 5.56 Å². The fourth-order valence-electron chi connectivity index (χ4n) is 3.90. The van der Waals surface area contributed by atoms with E-state index in [4.69, 9.17) is 9.72 Å². The molecule has 0 radical (unpaired) electrons. The number of aromatic nitrogens is 2. The molecule has 0 N–H and O–H groups in total. The number of benzene rings is 1. The first-order valence-corrected chi connectivity index (χ1v) is 10.1. The van der Waals surface area contributed by atoms with Gasteiger partial charge in [0.1, 0.15) is 11.4 Å². The van der Waals surface area contributed by atoms with Gasteiger partial charge in [-0.3, -0.25) is 9.36 Å². The molecule has 1 saturated heterocycles. The molecule has 2 aromatic rings. The maximum atomic E-state index is 13.0. The summed E-state index contributed by atoms with van der Waals surface area (Å²) < 4.78 is 7.17. The summed E-state index contributed by atoms with van der Waals surface area (Å²) in [5.41, 5.74) is 2.53. The SMILES string of the molecule is CCc1cc(C)cc2c(=O)n(C)c(C3CCN(C(=O)OC(C)(C)C)CC3)nc12. The molecule has 1 amide bonds. The van der Waals surface area contributed by atoms with Crippen LogP contribution in [0, 0.1) is 6.92 Å². The number of nitrogens with zero attached hydrogens (tertiary/aromatic N) is 3. The maximum Gasteiger partial charge on any atom is 0.410 e. The van der Waals surface area contributed by atoms with Crippen LogP contribution < -0.4 is 5.56 Å². The summed E-state index contributed by atoms with van der Waals surface area (Å²) in [6, 6.07) is 4.04. The predicted molar refractivity (Wildman–Crippen MR) is 111 cm³/mol. The second-order valence-corrected chi connectivity index (χ2v) is 8.75. The van der Waals surface area contributed by atoms with E-state index in [0.29, 0.717) is 18.5 Å². The first kappa shape index (κ1) is 20.4. The first-order chi connectivity index (χ1) is 13.1. The van der Waals surface area contributed by atoms with E-state index in [-0.39, 0.29) is 17.6 Å². The van der Waals surface area contributed by atoms with E-state index >= 15 is 0 Å². The van der Waals surface area contributed by atoms with Crippen LogP contribution >= 0.6 is 0 Å². The lowest BCUT2D eigenvalue weighted by Gasteiger charge is -2.33. The largest absolute Gasteiger partial charge is 0.444 e. The van der Waals surface area contributed by atoms with Crippen molar-refractivity contribution < 1.29 is 9.53 Å². The lowest BCUT2D eigenvalue weighted by Crippen LogP contribution is -2.42. The minimum atomic E-state index is -0.494. The number of aryl methyl sites for hydroxylation is 2. The number of fused-ring (bicyclic) bond motifs is 1. The summed E-state index contributed by atoms with van der Waals surface area (Å²) >= 11 is 0. The smallest absolute Gasteiger partial charge is 0.410 e. The lowest BCUT2D eigenvalue weighted by atomic mass is 9.95.